The van der Waals surface area contributed by atoms with E-state index < -0.39 is 59.5 Å². The van der Waals surface area contributed by atoms with Crippen LogP contribution in [0, 0.1) is 18.8 Å². The third kappa shape index (κ3) is 6.17. The van der Waals surface area contributed by atoms with Gasteiger partial charge in [0.15, 0.2) is 0 Å². The number of rotatable bonds is 14. The third-order valence-corrected chi connectivity index (χ3v) is 10.4. The predicted octanol–water partition coefficient (Wildman–Crippen LogP) is 4.63. The van der Waals surface area contributed by atoms with Gasteiger partial charge in [0.25, 0.3) is 5.91 Å². The number of allylic oxidation sites excluding steroid dienone is 1. The average Bonchev–Trinajstić information content (AvgIpc) is 3.72. The molecule has 11 heteroatoms. The second-order valence-electron chi connectivity index (χ2n) is 12.8. The van der Waals surface area contributed by atoms with E-state index in [1.54, 1.807) is 36.2 Å². The number of carbonyl (C=O) groups is 4. The van der Waals surface area contributed by atoms with Crippen molar-refractivity contribution in [3.63, 3.8) is 0 Å². The number of anilines is 1. The van der Waals surface area contributed by atoms with Crippen LogP contribution in [0.3, 0.4) is 0 Å². The van der Waals surface area contributed by atoms with Crippen LogP contribution in [-0.4, -0.2) is 89.1 Å². The molecule has 7 atom stereocenters. The Labute approximate surface area is 286 Å². The van der Waals surface area contributed by atoms with Crippen LogP contribution in [0.25, 0.3) is 0 Å². The number of fused-ring (bicyclic) bond motifs is 1. The zero-order valence-corrected chi connectivity index (χ0v) is 28.5. The van der Waals surface area contributed by atoms with E-state index >= 15 is 0 Å². The minimum Gasteiger partial charge on any atom is -0.455 e. The van der Waals surface area contributed by atoms with E-state index in [4.69, 9.17) is 21.1 Å². The van der Waals surface area contributed by atoms with E-state index in [1.807, 2.05) is 50.2 Å². The molecule has 3 fully saturated rings. The molecule has 3 aliphatic rings. The average molecular weight is 678 g/mol. The van der Waals surface area contributed by atoms with E-state index in [-0.39, 0.29) is 32.0 Å². The first-order valence-electron chi connectivity index (χ1n) is 16.4. The molecule has 2 aromatic rings. The van der Waals surface area contributed by atoms with Crippen molar-refractivity contribution in [2.24, 2.45) is 11.8 Å². The van der Waals surface area contributed by atoms with Crippen LogP contribution >= 0.6 is 11.6 Å². The molecule has 0 saturated carbocycles. The Balaban J connectivity index is 1.49. The summed E-state index contributed by atoms with van der Waals surface area (Å²) in [4.78, 5) is 60.6. The highest BCUT2D eigenvalue weighted by Crippen LogP contribution is 2.59. The summed E-state index contributed by atoms with van der Waals surface area (Å²) in [5.41, 5.74) is 0.646. The number of hydrogen-bond donors (Lipinski definition) is 1. The fourth-order valence-electron chi connectivity index (χ4n) is 7.71. The fourth-order valence-corrected chi connectivity index (χ4v) is 8.03. The van der Waals surface area contributed by atoms with Gasteiger partial charge in [-0.05, 0) is 50.3 Å². The molecule has 1 spiro atoms. The number of aliphatic hydroxyl groups excluding tert-OH is 1. The van der Waals surface area contributed by atoms with Crippen molar-refractivity contribution in [3.05, 3.63) is 90.0 Å². The number of para-hydroxylation sites is 1. The molecule has 1 N–H and O–H groups in total. The molecule has 10 nitrogen and oxygen atoms in total. The SMILES string of the molecule is C=CCCC(=O)N(C)[C@H](C)[C@H](OC(=O)[C@@H]1[C@@H]2CC[C@]3(O2)[C@H](C(=O)N(CC=C)c2c(C)cccc2Cl)N(CCO)C(=O)[C@@H]13)c1ccccc1. The van der Waals surface area contributed by atoms with Gasteiger partial charge in [0.05, 0.1) is 41.3 Å². The Hall–Kier alpha value is -3.99. The first kappa shape index (κ1) is 35.3. The first-order chi connectivity index (χ1) is 23.0. The molecule has 0 radical (unpaired) electrons. The van der Waals surface area contributed by atoms with Crippen molar-refractivity contribution >= 4 is 41.0 Å². The summed E-state index contributed by atoms with van der Waals surface area (Å²) < 4.78 is 12.8. The number of esters is 1. The van der Waals surface area contributed by atoms with Crippen LogP contribution in [0.4, 0.5) is 5.69 Å². The lowest BCUT2D eigenvalue weighted by Crippen LogP contribution is -2.57. The molecule has 3 heterocycles. The molecule has 3 amide bonds. The maximum Gasteiger partial charge on any atom is 0.313 e. The number of β-amino-alcohol motifs (C(OH)–C–C–N with tert-alkyl or cyclic N) is 1. The second-order valence-corrected chi connectivity index (χ2v) is 13.2. The Morgan fingerprint density at radius 2 is 1.90 bits per heavy atom. The topological polar surface area (TPSA) is 117 Å². The van der Waals surface area contributed by atoms with Crippen molar-refractivity contribution in [2.75, 3.05) is 31.6 Å². The first-order valence-corrected chi connectivity index (χ1v) is 16.8. The molecule has 3 aliphatic heterocycles. The molecule has 3 saturated heterocycles. The molecule has 0 aromatic heterocycles. The van der Waals surface area contributed by atoms with Gasteiger partial charge < -0.3 is 29.3 Å². The van der Waals surface area contributed by atoms with E-state index in [0.717, 1.165) is 5.56 Å². The number of hydrogen-bond acceptors (Lipinski definition) is 7. The number of likely N-dealkylation sites (N-methyl/N-ethyl adjacent to an activating group) is 1. The van der Waals surface area contributed by atoms with Crippen molar-refractivity contribution in [3.8, 4) is 0 Å². The number of aliphatic hydroxyl groups is 1. The number of likely N-dealkylation sites (tertiary alicyclic amines) is 1. The lowest BCUT2D eigenvalue weighted by molar-refractivity contribution is -0.164. The highest BCUT2D eigenvalue weighted by Gasteiger charge is 2.75. The Morgan fingerprint density at radius 1 is 1.17 bits per heavy atom. The van der Waals surface area contributed by atoms with E-state index in [9.17, 15) is 24.3 Å². The monoisotopic (exact) mass is 677 g/mol. The van der Waals surface area contributed by atoms with Gasteiger partial charge in [-0.15, -0.1) is 13.2 Å². The maximum atomic E-state index is 14.6. The van der Waals surface area contributed by atoms with Crippen LogP contribution < -0.4 is 4.90 Å². The molecular formula is C37H44ClN3O7. The van der Waals surface area contributed by atoms with Gasteiger partial charge in [0.2, 0.25) is 11.8 Å². The van der Waals surface area contributed by atoms with Gasteiger partial charge in [-0.2, -0.15) is 0 Å². The molecule has 2 bridgehead atoms. The van der Waals surface area contributed by atoms with Crippen molar-refractivity contribution in [2.45, 2.75) is 69.4 Å². The van der Waals surface area contributed by atoms with Gasteiger partial charge >= 0.3 is 5.97 Å². The summed E-state index contributed by atoms with van der Waals surface area (Å²) in [6.45, 7) is 10.8. The van der Waals surface area contributed by atoms with Gasteiger partial charge in [-0.3, -0.25) is 19.2 Å². The summed E-state index contributed by atoms with van der Waals surface area (Å²) in [7, 11) is 1.68. The Morgan fingerprint density at radius 3 is 2.54 bits per heavy atom. The summed E-state index contributed by atoms with van der Waals surface area (Å²) >= 11 is 6.61. The number of carbonyl (C=O) groups excluding carboxylic acids is 4. The van der Waals surface area contributed by atoms with E-state index in [0.29, 0.717) is 35.5 Å². The van der Waals surface area contributed by atoms with Crippen LogP contribution in [0.1, 0.15) is 49.8 Å². The highest BCUT2D eigenvalue weighted by atomic mass is 35.5. The summed E-state index contributed by atoms with van der Waals surface area (Å²) in [6.07, 6.45) is 3.38. The number of amides is 3. The van der Waals surface area contributed by atoms with Crippen LogP contribution in [0.5, 0.6) is 0 Å². The molecule has 2 aromatic carbocycles. The standard InChI is InChI=1S/C37H44ClN3O7/c1-6-8-17-28(43)39(5)24(4)32(25-14-10-9-11-15-25)47-36(46)29-27-18-19-37(48-27)30(29)34(44)41(21-22-42)33(37)35(45)40(20-7-2)31-23(3)13-12-16-26(31)38/h6-7,9-16,24,27,29-30,32-33,42H,1-2,8,17-22H2,3-5H3/t24-,27+,29-,30-,32+,33+,37-/m1/s1. The van der Waals surface area contributed by atoms with Gasteiger partial charge in [-0.25, -0.2) is 0 Å². The van der Waals surface area contributed by atoms with Crippen LogP contribution in [0.2, 0.25) is 5.02 Å². The van der Waals surface area contributed by atoms with Gasteiger partial charge in [-0.1, -0.05) is 66.2 Å². The van der Waals surface area contributed by atoms with Crippen LogP contribution in [0.15, 0.2) is 73.8 Å². The zero-order chi connectivity index (χ0) is 34.7. The summed E-state index contributed by atoms with van der Waals surface area (Å²) in [6, 6.07) is 12.9. The number of nitrogens with zero attached hydrogens (tertiary/aromatic N) is 3. The predicted molar refractivity (Wildman–Crippen MR) is 182 cm³/mol. The fraction of sp³-hybridized carbons (Fsp3) is 0.459. The normalized spacial score (nSPS) is 25.3. The third-order valence-electron chi connectivity index (χ3n) is 10.1. The maximum absolute atomic E-state index is 14.6. The minimum absolute atomic E-state index is 0.117. The van der Waals surface area contributed by atoms with Crippen molar-refractivity contribution in [1.29, 1.82) is 0 Å². The quantitative estimate of drug-likeness (QED) is 0.229. The number of aryl methyl sites for hydroxylation is 1. The molecule has 5 rings (SSSR count). The zero-order valence-electron chi connectivity index (χ0n) is 27.7. The molecule has 48 heavy (non-hydrogen) atoms. The lowest BCUT2D eigenvalue weighted by Gasteiger charge is -2.37. The molecule has 256 valence electrons. The van der Waals surface area contributed by atoms with Gasteiger partial charge in [0.1, 0.15) is 17.7 Å². The Kier molecular flexibility index (Phi) is 10.8. The lowest BCUT2D eigenvalue weighted by atomic mass is 9.70. The highest BCUT2D eigenvalue weighted by molar-refractivity contribution is 6.34. The number of benzene rings is 2. The van der Waals surface area contributed by atoms with E-state index in [1.165, 1.54) is 9.80 Å². The van der Waals surface area contributed by atoms with Crippen molar-refractivity contribution in [1.82, 2.24) is 9.80 Å². The van der Waals surface area contributed by atoms with Crippen molar-refractivity contribution < 1.29 is 33.8 Å². The summed E-state index contributed by atoms with van der Waals surface area (Å²) in [5.74, 6) is -3.61. The molecule has 0 unspecified atom stereocenters. The van der Waals surface area contributed by atoms with Gasteiger partial charge in [0, 0.05) is 26.6 Å². The number of ether oxygens (including phenoxy) is 2. The van der Waals surface area contributed by atoms with Crippen LogP contribution in [-0.2, 0) is 28.7 Å². The Bertz CT molecular complexity index is 1550. The molecular weight excluding hydrogens is 634 g/mol. The second kappa shape index (κ2) is 14.6. The van der Waals surface area contributed by atoms with E-state index in [2.05, 4.69) is 13.2 Å². The smallest absolute Gasteiger partial charge is 0.313 e. The molecule has 0 aliphatic carbocycles. The number of halogens is 1. The largest absolute Gasteiger partial charge is 0.455 e. The summed E-state index contributed by atoms with van der Waals surface area (Å²) in [5, 5.41) is 10.4. The minimum atomic E-state index is -1.31.